The number of amides is 2. The smallest absolute Gasteiger partial charge is 0.409 e. The summed E-state index contributed by atoms with van der Waals surface area (Å²) in [6, 6.07) is 24.2. The second-order valence-corrected chi connectivity index (χ2v) is 12.0. The van der Waals surface area contributed by atoms with E-state index in [1.165, 1.54) is 24.1 Å². The fourth-order valence-corrected chi connectivity index (χ4v) is 5.76. The molecule has 0 aliphatic carbocycles. The molecular weight excluding hydrogens is 735 g/mol. The molecule has 0 aliphatic heterocycles. The van der Waals surface area contributed by atoms with Gasteiger partial charge >= 0.3 is 6.09 Å². The number of anilines is 1. The molecule has 4 aromatic carbocycles. The van der Waals surface area contributed by atoms with Crippen LogP contribution in [0.4, 0.5) is 10.5 Å². The number of hydrogen-bond acceptors (Lipinski definition) is 8. The number of aromatic amines is 1. The number of carbonyl (C=O) groups excluding carboxylic acids is 1. The van der Waals surface area contributed by atoms with Gasteiger partial charge in [0.2, 0.25) is 5.56 Å². The fraction of sp³-hybridized carbons (Fsp3) is 0.216. The number of phenols is 1. The van der Waals surface area contributed by atoms with E-state index in [-0.39, 0.29) is 78.0 Å². The van der Waals surface area contributed by atoms with Gasteiger partial charge in [0, 0.05) is 55.3 Å². The summed E-state index contributed by atoms with van der Waals surface area (Å²) in [5.41, 5.74) is 4.06. The number of ether oxygens (including phenoxy) is 2. The first kappa shape index (κ1) is 41.4. The number of fused-ring (bicyclic) bond motifs is 1. The summed E-state index contributed by atoms with van der Waals surface area (Å²) in [4.78, 5) is 40.2. The van der Waals surface area contributed by atoms with E-state index in [4.69, 9.17) is 21.1 Å². The lowest BCUT2D eigenvalue weighted by Crippen LogP contribution is -2.33. The fourth-order valence-electron chi connectivity index (χ4n) is 5.52. The number of halogens is 3. The van der Waals surface area contributed by atoms with Crippen LogP contribution in [0.15, 0.2) is 89.7 Å². The van der Waals surface area contributed by atoms with Gasteiger partial charge in [0.05, 0.1) is 29.4 Å². The number of rotatable bonds is 14. The summed E-state index contributed by atoms with van der Waals surface area (Å²) in [5, 5.41) is 36.8. The van der Waals surface area contributed by atoms with Gasteiger partial charge in [-0.15, -0.1) is 24.8 Å². The zero-order valence-corrected chi connectivity index (χ0v) is 30.6. The topological polar surface area (TPSA) is 173 Å². The van der Waals surface area contributed by atoms with Crippen molar-refractivity contribution < 1.29 is 34.4 Å². The number of aliphatic hydroxyl groups excluding tert-OH is 1. The lowest BCUT2D eigenvalue weighted by atomic mass is 10.00. The number of carbonyl (C=O) groups is 2. The van der Waals surface area contributed by atoms with Crippen molar-refractivity contribution in [2.24, 2.45) is 0 Å². The number of phenolic OH excluding ortho intramolecular Hbond substituents is 1. The number of nitrogens with zero attached hydrogens (tertiary/aromatic N) is 1. The molecule has 0 radical (unpaired) electrons. The van der Waals surface area contributed by atoms with Crippen LogP contribution in [-0.4, -0.2) is 71.1 Å². The highest BCUT2D eigenvalue weighted by Gasteiger charge is 2.17. The molecule has 1 atom stereocenters. The van der Waals surface area contributed by atoms with E-state index in [1.54, 1.807) is 37.4 Å². The lowest BCUT2D eigenvalue weighted by molar-refractivity contribution is -0.132. The number of likely N-dealkylation sites (N-methyl/N-ethyl adjacent to an activating group) is 1. The quantitative estimate of drug-likeness (QED) is 0.0747. The predicted octanol–water partition coefficient (Wildman–Crippen LogP) is 6.40. The molecule has 52 heavy (non-hydrogen) atoms. The number of aromatic hydroxyl groups is 1. The molecule has 0 unspecified atom stereocenters. The van der Waals surface area contributed by atoms with E-state index in [0.29, 0.717) is 40.9 Å². The van der Waals surface area contributed by atoms with Crippen LogP contribution in [0.25, 0.3) is 22.0 Å². The molecule has 2 amide bonds. The molecule has 5 rings (SSSR count). The normalized spacial score (nSPS) is 11.2. The van der Waals surface area contributed by atoms with E-state index in [1.807, 2.05) is 42.5 Å². The first-order chi connectivity index (χ1) is 24.0. The minimum Gasteiger partial charge on any atom is -0.506 e. The van der Waals surface area contributed by atoms with Gasteiger partial charge in [-0.05, 0) is 47.4 Å². The Balaban J connectivity index is 0.00000364. The van der Waals surface area contributed by atoms with Gasteiger partial charge in [-0.2, -0.15) is 0 Å². The highest BCUT2D eigenvalue weighted by molar-refractivity contribution is 6.32. The number of H-pyrrole nitrogens is 1. The van der Waals surface area contributed by atoms with Gasteiger partial charge in [0.15, 0.2) is 6.61 Å². The second kappa shape index (κ2) is 19.0. The van der Waals surface area contributed by atoms with E-state index in [9.17, 15) is 29.7 Å². The van der Waals surface area contributed by atoms with Crippen molar-refractivity contribution in [1.82, 2.24) is 15.2 Å². The number of carboxylic acid groups (broad SMARTS) is 1. The first-order valence-corrected chi connectivity index (χ1v) is 16.1. The average molecular weight is 774 g/mol. The van der Waals surface area contributed by atoms with Gasteiger partial charge in [0.1, 0.15) is 17.2 Å². The Kier molecular flexibility index (Phi) is 15.2. The van der Waals surface area contributed by atoms with E-state index < -0.39 is 12.2 Å². The molecule has 5 aromatic rings. The number of benzene rings is 4. The zero-order chi connectivity index (χ0) is 35.8. The van der Waals surface area contributed by atoms with Crippen molar-refractivity contribution in [2.75, 3.05) is 39.2 Å². The molecule has 6 N–H and O–H groups in total. The molecule has 0 saturated carbocycles. The summed E-state index contributed by atoms with van der Waals surface area (Å²) >= 11 is 6.52. The second-order valence-electron chi connectivity index (χ2n) is 11.6. The van der Waals surface area contributed by atoms with E-state index in [2.05, 4.69) is 15.6 Å². The summed E-state index contributed by atoms with van der Waals surface area (Å²) < 4.78 is 11.3. The third-order valence-electron chi connectivity index (χ3n) is 8.18. The average Bonchev–Trinajstić information content (AvgIpc) is 3.10. The molecule has 1 aromatic heterocycles. The number of methoxy groups -OCH3 is 1. The van der Waals surface area contributed by atoms with Crippen LogP contribution in [0.5, 0.6) is 17.2 Å². The molecule has 0 spiro atoms. The first-order valence-electron chi connectivity index (χ1n) is 15.7. The molecule has 1 heterocycles. The third kappa shape index (κ3) is 10.3. The maximum atomic E-state index is 12.9. The van der Waals surface area contributed by atoms with Gasteiger partial charge in [0.25, 0.3) is 5.91 Å². The lowest BCUT2D eigenvalue weighted by Gasteiger charge is -2.19. The van der Waals surface area contributed by atoms with E-state index in [0.717, 1.165) is 16.7 Å². The van der Waals surface area contributed by atoms with Crippen LogP contribution in [0.1, 0.15) is 22.8 Å². The molecule has 276 valence electrons. The Bertz CT molecular complexity index is 2060. The summed E-state index contributed by atoms with van der Waals surface area (Å²) in [6.45, 7) is 0.525. The van der Waals surface area contributed by atoms with Crippen LogP contribution < -0.4 is 25.7 Å². The number of hydrogen-bond donors (Lipinski definition) is 6. The van der Waals surface area contributed by atoms with Crippen molar-refractivity contribution in [1.29, 1.82) is 0 Å². The molecule has 15 heteroatoms. The minimum absolute atomic E-state index is 0. The maximum absolute atomic E-state index is 12.9. The Hall–Kier alpha value is -4.98. The SMILES string of the molecule is COc1cc(OCC(=O)N(C)CCc2ccc(-c3ccccc3)c(NC(=O)O)c2)c(Cl)cc1CNC[C@@H](O)c1ccc(O)c2[nH]c(=O)ccc12.Cl.Cl. The van der Waals surface area contributed by atoms with Crippen LogP contribution in [0.3, 0.4) is 0 Å². The maximum Gasteiger partial charge on any atom is 0.409 e. The van der Waals surface area contributed by atoms with Gasteiger partial charge in [-0.1, -0.05) is 60.1 Å². The van der Waals surface area contributed by atoms with Crippen LogP contribution in [0.2, 0.25) is 5.02 Å². The van der Waals surface area contributed by atoms with Crippen LogP contribution in [-0.2, 0) is 17.8 Å². The number of aromatic nitrogens is 1. The monoisotopic (exact) mass is 772 g/mol. The van der Waals surface area contributed by atoms with Gasteiger partial charge in [-0.3, -0.25) is 14.9 Å². The van der Waals surface area contributed by atoms with Gasteiger partial charge < -0.3 is 40.0 Å². The number of aliphatic hydroxyl groups is 1. The molecule has 12 nitrogen and oxygen atoms in total. The summed E-state index contributed by atoms with van der Waals surface area (Å²) in [7, 11) is 3.16. The van der Waals surface area contributed by atoms with Crippen molar-refractivity contribution >= 4 is 65.0 Å². The summed E-state index contributed by atoms with van der Waals surface area (Å²) in [6.07, 6.45) is -1.63. The van der Waals surface area contributed by atoms with Crippen molar-refractivity contribution in [3.8, 4) is 28.4 Å². The van der Waals surface area contributed by atoms with Crippen molar-refractivity contribution in [2.45, 2.75) is 19.1 Å². The number of pyridine rings is 1. The Morgan fingerprint density at radius 3 is 2.44 bits per heavy atom. The Morgan fingerprint density at radius 2 is 1.73 bits per heavy atom. The van der Waals surface area contributed by atoms with Crippen LogP contribution in [0, 0.1) is 0 Å². The molecule has 0 aliphatic rings. The van der Waals surface area contributed by atoms with Gasteiger partial charge in [-0.25, -0.2) is 4.79 Å². The minimum atomic E-state index is -1.16. The van der Waals surface area contributed by atoms with Crippen molar-refractivity contribution in [3.05, 3.63) is 117 Å². The standard InChI is InChI=1S/C37H37ClN4O8.2ClH/c1-42(15-14-22-8-9-25(23-6-4-3-5-7-23)29(16-22)40-37(47)48)35(46)21-50-33-18-32(49-2)24(17-28(33)38)19-39-20-31(44)26-10-12-30(43)36-27(26)11-13-34(45)41-36;;/h3-13,16-18,31,39-40,43-44H,14-15,19-21H2,1-2H3,(H,41,45)(H,47,48);2*1H/t31-;;/m1../s1. The van der Waals surface area contributed by atoms with Crippen LogP contribution >= 0.6 is 36.4 Å². The van der Waals surface area contributed by atoms with E-state index >= 15 is 0 Å². The molecule has 0 saturated heterocycles. The highest BCUT2D eigenvalue weighted by Crippen LogP contribution is 2.34. The predicted molar refractivity (Wildman–Crippen MR) is 206 cm³/mol. The Labute approximate surface area is 317 Å². The zero-order valence-electron chi connectivity index (χ0n) is 28.2. The summed E-state index contributed by atoms with van der Waals surface area (Å²) in [5.74, 6) is 0.354. The molecule has 0 fully saturated rings. The largest absolute Gasteiger partial charge is 0.506 e. The molecule has 0 bridgehead atoms. The number of nitrogens with one attached hydrogen (secondary N) is 3. The molecular formula is C37H39Cl3N4O8. The third-order valence-corrected chi connectivity index (χ3v) is 8.47. The Morgan fingerprint density at radius 1 is 0.981 bits per heavy atom. The highest BCUT2D eigenvalue weighted by atomic mass is 35.5. The van der Waals surface area contributed by atoms with Crippen molar-refractivity contribution in [3.63, 3.8) is 0 Å².